The number of hydrogen-bond donors (Lipinski definition) is 0. The van der Waals surface area contributed by atoms with E-state index in [-0.39, 0.29) is 12.2 Å². The molecule has 2 heterocycles. The van der Waals surface area contributed by atoms with Gasteiger partial charge < -0.3 is 14.2 Å². The highest BCUT2D eigenvalue weighted by Crippen LogP contribution is 2.54. The average Bonchev–Trinajstić information content (AvgIpc) is 2.86. The summed E-state index contributed by atoms with van der Waals surface area (Å²) in [7, 11) is 1.04. The van der Waals surface area contributed by atoms with E-state index in [0.717, 1.165) is 20.1 Å². The van der Waals surface area contributed by atoms with E-state index in [9.17, 15) is 31.1 Å². The molecule has 11 heteroatoms. The highest BCUT2D eigenvalue weighted by molar-refractivity contribution is 5.77. The van der Waals surface area contributed by atoms with E-state index in [1.807, 2.05) is 0 Å². The molecule has 5 nitrogen and oxygen atoms in total. The van der Waals surface area contributed by atoms with Crippen LogP contribution in [0.5, 0.6) is 5.88 Å². The number of carbonyl (C=O) groups excluding carboxylic acids is 1. The molecule has 0 saturated carbocycles. The lowest BCUT2D eigenvalue weighted by atomic mass is 9.77. The summed E-state index contributed by atoms with van der Waals surface area (Å²) in [4.78, 5) is 15.6. The van der Waals surface area contributed by atoms with Crippen LogP contribution in [0.4, 0.5) is 26.3 Å². The van der Waals surface area contributed by atoms with E-state index in [1.54, 1.807) is 0 Å². The van der Waals surface area contributed by atoms with Crippen molar-refractivity contribution in [2.24, 2.45) is 5.92 Å². The molecule has 0 N–H and O–H groups in total. The van der Waals surface area contributed by atoms with Crippen molar-refractivity contribution in [3.63, 3.8) is 0 Å². The van der Waals surface area contributed by atoms with Crippen molar-refractivity contribution in [2.45, 2.75) is 50.7 Å². The third-order valence-electron chi connectivity index (χ3n) is 4.92. The van der Waals surface area contributed by atoms with E-state index < -0.39 is 53.4 Å². The number of esters is 1. The van der Waals surface area contributed by atoms with E-state index in [0.29, 0.717) is 6.07 Å². The molecule has 0 bridgehead atoms. The van der Waals surface area contributed by atoms with Crippen molar-refractivity contribution in [2.75, 3.05) is 13.7 Å². The maximum absolute atomic E-state index is 13.6. The normalized spacial score (nSPS) is 28.3. The molecule has 0 aromatic carbocycles. The van der Waals surface area contributed by atoms with Gasteiger partial charge in [-0.2, -0.15) is 26.3 Å². The summed E-state index contributed by atoms with van der Waals surface area (Å²) in [6, 6.07) is 1.57. The minimum Gasteiger partial charge on any atom is -0.481 e. The molecule has 28 heavy (non-hydrogen) atoms. The Morgan fingerprint density at radius 1 is 1.25 bits per heavy atom. The maximum Gasteiger partial charge on any atom is 0.433 e. The molecule has 1 aromatic heterocycles. The van der Waals surface area contributed by atoms with Gasteiger partial charge in [0.15, 0.2) is 11.7 Å². The van der Waals surface area contributed by atoms with Crippen LogP contribution in [0.15, 0.2) is 12.1 Å². The average molecular weight is 415 g/mol. The Morgan fingerprint density at radius 2 is 1.86 bits per heavy atom. The number of rotatable bonds is 4. The van der Waals surface area contributed by atoms with Crippen molar-refractivity contribution in [1.29, 1.82) is 0 Å². The van der Waals surface area contributed by atoms with Crippen LogP contribution in [0.3, 0.4) is 0 Å². The minimum atomic E-state index is -4.83. The molecule has 1 aliphatic rings. The molecule has 0 radical (unpaired) electrons. The van der Waals surface area contributed by atoms with Crippen LogP contribution in [0.25, 0.3) is 0 Å². The Bertz CT molecular complexity index is 735. The molecule has 158 valence electrons. The molecule has 4 unspecified atom stereocenters. The molecule has 1 aromatic rings. The number of carbonyl (C=O) groups is 1. The fraction of sp³-hybridized carbons (Fsp3) is 0.647. The van der Waals surface area contributed by atoms with Gasteiger partial charge in [-0.3, -0.25) is 0 Å². The maximum atomic E-state index is 13.6. The zero-order valence-corrected chi connectivity index (χ0v) is 15.4. The fourth-order valence-corrected chi connectivity index (χ4v) is 3.25. The number of methoxy groups -OCH3 is 1. The molecular formula is C17H19F6NO4. The zero-order chi connectivity index (χ0) is 21.5. The van der Waals surface area contributed by atoms with Crippen LogP contribution in [-0.2, 0) is 20.4 Å². The molecule has 4 atom stereocenters. The lowest BCUT2D eigenvalue weighted by Gasteiger charge is -2.31. The quantitative estimate of drug-likeness (QED) is 0.547. The van der Waals surface area contributed by atoms with Crippen molar-refractivity contribution in [3.05, 3.63) is 23.4 Å². The first kappa shape index (κ1) is 22.3. The smallest absolute Gasteiger partial charge is 0.433 e. The topological polar surface area (TPSA) is 57.7 Å². The monoisotopic (exact) mass is 415 g/mol. The van der Waals surface area contributed by atoms with E-state index in [4.69, 9.17) is 14.2 Å². The molecule has 1 fully saturated rings. The van der Waals surface area contributed by atoms with Gasteiger partial charge in [-0.25, -0.2) is 9.78 Å². The van der Waals surface area contributed by atoms with Crippen molar-refractivity contribution in [3.8, 4) is 5.88 Å². The van der Waals surface area contributed by atoms with E-state index in [2.05, 4.69) is 4.98 Å². The first-order valence-electron chi connectivity index (χ1n) is 8.31. The van der Waals surface area contributed by atoms with E-state index >= 15 is 0 Å². The Hall–Kier alpha value is -2.04. The van der Waals surface area contributed by atoms with Gasteiger partial charge in [0.1, 0.15) is 5.69 Å². The summed E-state index contributed by atoms with van der Waals surface area (Å²) in [6.45, 7) is 3.35. The predicted octanol–water partition coefficient (Wildman–Crippen LogP) is 4.11. The first-order valence-corrected chi connectivity index (χ1v) is 8.31. The number of alkyl halides is 6. The first-order chi connectivity index (χ1) is 12.8. The van der Waals surface area contributed by atoms with E-state index in [1.165, 1.54) is 13.8 Å². The lowest BCUT2D eigenvalue weighted by Crippen LogP contribution is -2.47. The lowest BCUT2D eigenvalue weighted by molar-refractivity contribution is -0.274. The van der Waals surface area contributed by atoms with Gasteiger partial charge in [-0.15, -0.1) is 0 Å². The van der Waals surface area contributed by atoms with Crippen molar-refractivity contribution < 1.29 is 45.3 Å². The Labute approximate surface area is 157 Å². The Kier molecular flexibility index (Phi) is 5.89. The van der Waals surface area contributed by atoms with Crippen LogP contribution in [-0.4, -0.2) is 42.6 Å². The molecule has 1 aliphatic heterocycles. The second kappa shape index (κ2) is 7.41. The van der Waals surface area contributed by atoms with Gasteiger partial charge in [0.2, 0.25) is 5.88 Å². The van der Waals surface area contributed by atoms with Crippen LogP contribution in [0.2, 0.25) is 0 Å². The van der Waals surface area contributed by atoms with Gasteiger partial charge in [-0.05, 0) is 19.9 Å². The Balaban J connectivity index is 2.60. The summed E-state index contributed by atoms with van der Waals surface area (Å²) in [6.07, 6.45) is -11.3. The third-order valence-corrected chi connectivity index (χ3v) is 4.92. The SMILES string of the molecule is CCOC(=O)C1OC(C)(C(F)(F)F)C(C)C1c1ccc(C(F)(F)F)nc1OC. The summed E-state index contributed by atoms with van der Waals surface area (Å²) < 4.78 is 94.4. The number of hydrogen-bond acceptors (Lipinski definition) is 5. The molecule has 0 amide bonds. The predicted molar refractivity (Wildman–Crippen MR) is 83.7 cm³/mol. The third kappa shape index (κ3) is 3.76. The Morgan fingerprint density at radius 3 is 2.32 bits per heavy atom. The second-order valence-electron chi connectivity index (χ2n) is 6.50. The molecule has 0 spiro atoms. The standard InChI is InChI=1S/C17H19F6NO4/c1-5-27-14(25)12-11(8(2)15(3,28-12)17(21,22)23)9-6-7-10(16(18,19)20)24-13(9)26-4/h6-8,11-12H,5H2,1-4H3. The molecule has 0 aliphatic carbocycles. The molecular weight excluding hydrogens is 396 g/mol. The summed E-state index contributed by atoms with van der Waals surface area (Å²) in [5, 5.41) is 0. The fourth-order valence-electron chi connectivity index (χ4n) is 3.25. The van der Waals surface area contributed by atoms with Gasteiger partial charge in [0.05, 0.1) is 13.7 Å². The molecule has 1 saturated heterocycles. The summed E-state index contributed by atoms with van der Waals surface area (Å²) in [5.41, 5.74) is -4.09. The molecule has 2 rings (SSSR count). The second-order valence-corrected chi connectivity index (χ2v) is 6.50. The van der Waals surface area contributed by atoms with Crippen LogP contribution in [0, 0.1) is 5.92 Å². The highest BCUT2D eigenvalue weighted by atomic mass is 19.4. The largest absolute Gasteiger partial charge is 0.481 e. The van der Waals surface area contributed by atoms with Crippen molar-refractivity contribution in [1.82, 2.24) is 4.98 Å². The number of nitrogens with zero attached hydrogens (tertiary/aromatic N) is 1. The summed E-state index contributed by atoms with van der Waals surface area (Å²) in [5.74, 6) is -4.20. The van der Waals surface area contributed by atoms with Crippen LogP contribution in [0.1, 0.15) is 37.9 Å². The minimum absolute atomic E-state index is 0.103. The highest BCUT2D eigenvalue weighted by Gasteiger charge is 2.66. The number of pyridine rings is 1. The van der Waals surface area contributed by atoms with Crippen molar-refractivity contribution >= 4 is 5.97 Å². The number of halogens is 6. The van der Waals surface area contributed by atoms with Gasteiger partial charge in [0.25, 0.3) is 0 Å². The van der Waals surface area contributed by atoms with Gasteiger partial charge >= 0.3 is 18.3 Å². The van der Waals surface area contributed by atoms with Crippen LogP contribution < -0.4 is 4.74 Å². The number of aromatic nitrogens is 1. The number of ether oxygens (including phenoxy) is 3. The summed E-state index contributed by atoms with van der Waals surface area (Å²) >= 11 is 0. The zero-order valence-electron chi connectivity index (χ0n) is 15.4. The van der Waals surface area contributed by atoms with Gasteiger partial charge in [-0.1, -0.05) is 13.0 Å². The van der Waals surface area contributed by atoms with Gasteiger partial charge in [0, 0.05) is 17.4 Å². The van der Waals surface area contributed by atoms with Crippen LogP contribution >= 0.6 is 0 Å².